The lowest BCUT2D eigenvalue weighted by Gasteiger charge is -2.22. The number of carbonyl (C=O) groups excluding carboxylic acids is 2. The lowest BCUT2D eigenvalue weighted by molar-refractivity contribution is -0.152. The quantitative estimate of drug-likeness (QED) is 0.0647. The maximum absolute atomic E-state index is 11.8. The highest BCUT2D eigenvalue weighted by atomic mass is 16.6. The summed E-state index contributed by atoms with van der Waals surface area (Å²) in [6, 6.07) is 15.7. The Kier molecular flexibility index (Phi) is 15.8. The molecule has 3 rings (SSSR count). The van der Waals surface area contributed by atoms with Gasteiger partial charge in [-0.15, -0.1) is 0 Å². The normalized spacial score (nSPS) is 12.6. The number of benzene rings is 3. The van der Waals surface area contributed by atoms with E-state index in [0.717, 1.165) is 60.1 Å². The molecule has 0 aliphatic rings. The Morgan fingerprint density at radius 3 is 1.23 bits per heavy atom. The molecule has 0 saturated carbocycles. The van der Waals surface area contributed by atoms with E-state index in [-0.39, 0.29) is 38.4 Å². The minimum Gasteiger partial charge on any atom is -0.488 e. The SMILES string of the molecule is CCCCCCOCC(COc1c2ccccc2c(OCC(COCCCCCC)OC(C)=O)c2ccccc12)OC(C)=O. The molecule has 242 valence electrons. The Morgan fingerprint density at radius 2 is 0.909 bits per heavy atom. The summed E-state index contributed by atoms with van der Waals surface area (Å²) in [5, 5.41) is 3.44. The van der Waals surface area contributed by atoms with Gasteiger partial charge in [0.15, 0.2) is 12.2 Å². The average Bonchev–Trinajstić information content (AvgIpc) is 3.01. The maximum atomic E-state index is 11.8. The molecule has 8 nitrogen and oxygen atoms in total. The summed E-state index contributed by atoms with van der Waals surface area (Å²) in [6.45, 7) is 9.20. The first kappa shape index (κ1) is 35.1. The minimum absolute atomic E-state index is 0.146. The molecule has 2 unspecified atom stereocenters. The van der Waals surface area contributed by atoms with Crippen LogP contribution < -0.4 is 9.47 Å². The summed E-state index contributed by atoms with van der Waals surface area (Å²) in [6.07, 6.45) is 7.78. The summed E-state index contributed by atoms with van der Waals surface area (Å²) in [5.41, 5.74) is 0. The van der Waals surface area contributed by atoms with Crippen molar-refractivity contribution in [2.45, 2.75) is 91.3 Å². The van der Waals surface area contributed by atoms with Gasteiger partial charge in [-0.05, 0) is 12.8 Å². The van der Waals surface area contributed by atoms with Gasteiger partial charge in [0.2, 0.25) is 0 Å². The van der Waals surface area contributed by atoms with E-state index >= 15 is 0 Å². The third-order valence-electron chi connectivity index (χ3n) is 7.22. The molecule has 0 amide bonds. The molecule has 0 aromatic heterocycles. The van der Waals surface area contributed by atoms with Crippen molar-refractivity contribution in [1.82, 2.24) is 0 Å². The summed E-state index contributed by atoms with van der Waals surface area (Å²) in [5.74, 6) is 0.601. The van der Waals surface area contributed by atoms with Gasteiger partial charge in [0.05, 0.1) is 13.2 Å². The van der Waals surface area contributed by atoms with E-state index in [2.05, 4.69) is 13.8 Å². The fourth-order valence-corrected chi connectivity index (χ4v) is 5.11. The molecular weight excluding hydrogens is 560 g/mol. The lowest BCUT2D eigenvalue weighted by Crippen LogP contribution is -2.29. The zero-order valence-corrected chi connectivity index (χ0v) is 26.9. The van der Waals surface area contributed by atoms with Crippen LogP contribution in [0.4, 0.5) is 0 Å². The predicted molar refractivity (Wildman–Crippen MR) is 173 cm³/mol. The standard InChI is InChI=1S/C36H50O8/c1-5-7-9-15-21-39-23-29(43-27(3)37)25-41-35-31-17-11-13-19-33(31)36(34-20-14-12-18-32(34)35)42-26-30(44-28(4)38)24-40-22-16-10-8-6-2/h11-14,17-20,29-30H,5-10,15-16,21-26H2,1-4H3. The van der Waals surface area contributed by atoms with Gasteiger partial charge in [0, 0.05) is 48.6 Å². The van der Waals surface area contributed by atoms with Crippen molar-refractivity contribution in [2.24, 2.45) is 0 Å². The fraction of sp³-hybridized carbons (Fsp3) is 0.556. The van der Waals surface area contributed by atoms with Crippen LogP contribution in [-0.2, 0) is 28.5 Å². The smallest absolute Gasteiger partial charge is 0.303 e. The summed E-state index contributed by atoms with van der Waals surface area (Å²) in [4.78, 5) is 23.7. The number of hydrogen-bond acceptors (Lipinski definition) is 8. The van der Waals surface area contributed by atoms with Gasteiger partial charge in [-0.1, -0.05) is 101 Å². The molecule has 0 aliphatic heterocycles. The molecule has 0 heterocycles. The van der Waals surface area contributed by atoms with E-state index in [1.807, 2.05) is 48.5 Å². The van der Waals surface area contributed by atoms with Crippen LogP contribution in [0.1, 0.15) is 79.1 Å². The molecule has 0 bridgehead atoms. The van der Waals surface area contributed by atoms with Crippen molar-refractivity contribution in [3.05, 3.63) is 48.5 Å². The Hall–Kier alpha value is -3.36. The van der Waals surface area contributed by atoms with Crippen molar-refractivity contribution < 1.29 is 38.0 Å². The fourth-order valence-electron chi connectivity index (χ4n) is 5.11. The second-order valence-corrected chi connectivity index (χ2v) is 11.1. The van der Waals surface area contributed by atoms with Crippen molar-refractivity contribution in [2.75, 3.05) is 39.6 Å². The first-order chi connectivity index (χ1) is 21.4. The van der Waals surface area contributed by atoms with Gasteiger partial charge < -0.3 is 28.4 Å². The van der Waals surface area contributed by atoms with Gasteiger partial charge in [-0.25, -0.2) is 0 Å². The van der Waals surface area contributed by atoms with Crippen molar-refractivity contribution in [3.63, 3.8) is 0 Å². The Balaban J connectivity index is 1.79. The Labute approximate surface area is 262 Å². The highest BCUT2D eigenvalue weighted by molar-refractivity contribution is 6.11. The van der Waals surface area contributed by atoms with Crippen LogP contribution in [0.5, 0.6) is 11.5 Å². The molecule has 3 aromatic carbocycles. The monoisotopic (exact) mass is 610 g/mol. The maximum Gasteiger partial charge on any atom is 0.303 e. The number of fused-ring (bicyclic) bond motifs is 2. The molecule has 0 fully saturated rings. The first-order valence-corrected chi connectivity index (χ1v) is 16.1. The van der Waals surface area contributed by atoms with E-state index in [0.29, 0.717) is 24.7 Å². The van der Waals surface area contributed by atoms with Gasteiger partial charge in [-0.3, -0.25) is 9.59 Å². The van der Waals surface area contributed by atoms with Crippen molar-refractivity contribution in [1.29, 1.82) is 0 Å². The number of ether oxygens (including phenoxy) is 6. The van der Waals surface area contributed by atoms with Crippen LogP contribution in [0.3, 0.4) is 0 Å². The summed E-state index contributed by atoms with van der Waals surface area (Å²) in [7, 11) is 0. The zero-order chi connectivity index (χ0) is 31.6. The number of rotatable bonds is 22. The van der Waals surface area contributed by atoms with E-state index in [4.69, 9.17) is 28.4 Å². The molecule has 2 atom stereocenters. The molecule has 3 aromatic rings. The molecule has 0 aliphatic carbocycles. The highest BCUT2D eigenvalue weighted by Crippen LogP contribution is 2.42. The van der Waals surface area contributed by atoms with Crippen LogP contribution in [0, 0.1) is 0 Å². The van der Waals surface area contributed by atoms with Gasteiger partial charge in [-0.2, -0.15) is 0 Å². The molecule has 44 heavy (non-hydrogen) atoms. The van der Waals surface area contributed by atoms with Gasteiger partial charge in [0.1, 0.15) is 24.7 Å². The van der Waals surface area contributed by atoms with Gasteiger partial charge >= 0.3 is 11.9 Å². The van der Waals surface area contributed by atoms with E-state index in [1.54, 1.807) is 0 Å². The molecule has 0 spiro atoms. The van der Waals surface area contributed by atoms with Crippen molar-refractivity contribution in [3.8, 4) is 11.5 Å². The average molecular weight is 611 g/mol. The van der Waals surface area contributed by atoms with E-state index in [9.17, 15) is 9.59 Å². The minimum atomic E-state index is -0.543. The van der Waals surface area contributed by atoms with Crippen LogP contribution in [0.2, 0.25) is 0 Å². The molecule has 8 heteroatoms. The molecular formula is C36H50O8. The van der Waals surface area contributed by atoms with Crippen LogP contribution in [-0.4, -0.2) is 63.8 Å². The third-order valence-corrected chi connectivity index (χ3v) is 7.22. The van der Waals surface area contributed by atoms with Crippen LogP contribution >= 0.6 is 0 Å². The topological polar surface area (TPSA) is 89.5 Å². The third kappa shape index (κ3) is 11.6. The van der Waals surface area contributed by atoms with E-state index < -0.39 is 12.2 Å². The summed E-state index contributed by atoms with van der Waals surface area (Å²) >= 11 is 0. The molecule has 0 radical (unpaired) electrons. The Morgan fingerprint density at radius 1 is 0.545 bits per heavy atom. The number of hydrogen-bond donors (Lipinski definition) is 0. The zero-order valence-electron chi connectivity index (χ0n) is 26.9. The number of unbranched alkanes of at least 4 members (excludes halogenated alkanes) is 6. The Bertz CT molecular complexity index is 1130. The van der Waals surface area contributed by atoms with Crippen LogP contribution in [0.25, 0.3) is 21.5 Å². The van der Waals surface area contributed by atoms with Crippen molar-refractivity contribution >= 4 is 33.5 Å². The molecule has 0 N–H and O–H groups in total. The summed E-state index contributed by atoms with van der Waals surface area (Å²) < 4.78 is 35.6. The van der Waals surface area contributed by atoms with Crippen LogP contribution in [0.15, 0.2) is 48.5 Å². The van der Waals surface area contributed by atoms with E-state index in [1.165, 1.54) is 26.7 Å². The van der Waals surface area contributed by atoms with Gasteiger partial charge in [0.25, 0.3) is 0 Å². The largest absolute Gasteiger partial charge is 0.488 e. The highest BCUT2D eigenvalue weighted by Gasteiger charge is 2.21. The second kappa shape index (κ2) is 19.8. The second-order valence-electron chi connectivity index (χ2n) is 11.1. The molecule has 0 saturated heterocycles. The number of carbonyl (C=O) groups is 2. The first-order valence-electron chi connectivity index (χ1n) is 16.1. The lowest BCUT2D eigenvalue weighted by atomic mass is 10.0. The number of esters is 2. The predicted octanol–water partition coefficient (Wildman–Crippen LogP) is 7.81.